The third-order valence-corrected chi connectivity index (χ3v) is 8.54. The lowest BCUT2D eigenvalue weighted by Crippen LogP contribution is -2.30. The van der Waals surface area contributed by atoms with Crippen LogP contribution < -0.4 is 11.2 Å². The number of nitrogens with zero attached hydrogens (tertiary/aromatic N) is 1. The van der Waals surface area contributed by atoms with Gasteiger partial charge in [-0.1, -0.05) is 30.3 Å². The molecule has 8 nitrogen and oxygen atoms in total. The average Bonchev–Trinajstić information content (AvgIpc) is 3.56. The van der Waals surface area contributed by atoms with E-state index in [9.17, 15) is 22.6 Å². The van der Waals surface area contributed by atoms with E-state index < -0.39 is 28.9 Å². The molecule has 1 amide bonds. The molecule has 2 heterocycles. The maximum atomic E-state index is 14.0. The minimum absolute atomic E-state index is 0.0960. The molecule has 6 rings (SSSR count). The molecule has 4 aromatic rings. The molecule has 0 unspecified atom stereocenters. The van der Waals surface area contributed by atoms with Crippen molar-refractivity contribution >= 4 is 39.5 Å². The van der Waals surface area contributed by atoms with E-state index in [0.29, 0.717) is 22.0 Å². The average molecular weight is 548 g/mol. The second-order valence-electron chi connectivity index (χ2n) is 10.2. The standard InChI is InChI=1S/C28H26BFN2O6S/c1-39(35,36)32(13-16-5-8-24-20(9-16)15-37-29(24)34)14-19-11-25-23(12-22(19)17-6-7-17)26(28(31)33)27(38-25)18-3-2-4-21(30)10-18/h2-5,8-12,17,34H,6-7,13-15H2,1H3,(H2,31,33). The maximum Gasteiger partial charge on any atom is 0.491 e. The molecule has 11 heteroatoms. The Balaban J connectivity index is 1.41. The van der Waals surface area contributed by atoms with Gasteiger partial charge in [0.2, 0.25) is 10.0 Å². The zero-order valence-corrected chi connectivity index (χ0v) is 22.0. The molecule has 2 aliphatic rings. The van der Waals surface area contributed by atoms with Gasteiger partial charge in [0.05, 0.1) is 18.4 Å². The largest absolute Gasteiger partial charge is 0.491 e. The summed E-state index contributed by atoms with van der Waals surface area (Å²) in [7, 11) is -4.59. The van der Waals surface area contributed by atoms with Crippen LogP contribution in [0.4, 0.5) is 4.39 Å². The van der Waals surface area contributed by atoms with Gasteiger partial charge in [0.1, 0.15) is 17.2 Å². The predicted octanol–water partition coefficient (Wildman–Crippen LogP) is 3.39. The van der Waals surface area contributed by atoms with Crippen LogP contribution in [-0.4, -0.2) is 37.0 Å². The van der Waals surface area contributed by atoms with Gasteiger partial charge in [0.15, 0.2) is 0 Å². The van der Waals surface area contributed by atoms with Gasteiger partial charge < -0.3 is 19.8 Å². The number of amides is 1. The van der Waals surface area contributed by atoms with Crippen LogP contribution in [0.2, 0.25) is 0 Å². The summed E-state index contributed by atoms with van der Waals surface area (Å²) in [6.07, 6.45) is 3.07. The van der Waals surface area contributed by atoms with Crippen molar-refractivity contribution in [2.75, 3.05) is 6.26 Å². The summed E-state index contributed by atoms with van der Waals surface area (Å²) in [6, 6.07) is 14.8. The first-order chi connectivity index (χ1) is 18.6. The highest BCUT2D eigenvalue weighted by Crippen LogP contribution is 2.45. The number of furan rings is 1. The topological polar surface area (TPSA) is 123 Å². The lowest BCUT2D eigenvalue weighted by molar-refractivity contribution is 0.100. The predicted molar refractivity (Wildman–Crippen MR) is 145 cm³/mol. The Bertz CT molecular complexity index is 1730. The third kappa shape index (κ3) is 4.98. The Hall–Kier alpha value is -3.51. The van der Waals surface area contributed by atoms with Crippen molar-refractivity contribution in [3.63, 3.8) is 0 Å². The highest BCUT2D eigenvalue weighted by atomic mass is 32.2. The number of carbonyl (C=O) groups is 1. The summed E-state index contributed by atoms with van der Waals surface area (Å²) >= 11 is 0. The van der Waals surface area contributed by atoms with Crippen LogP contribution in [0, 0.1) is 5.82 Å². The smallest absolute Gasteiger partial charge is 0.455 e. The fourth-order valence-corrected chi connectivity index (χ4v) is 6.01. The Kier molecular flexibility index (Phi) is 6.34. The van der Waals surface area contributed by atoms with Gasteiger partial charge in [-0.25, -0.2) is 12.8 Å². The zero-order valence-electron chi connectivity index (χ0n) is 21.2. The summed E-state index contributed by atoms with van der Waals surface area (Å²) < 4.78 is 52.5. The Morgan fingerprint density at radius 3 is 2.64 bits per heavy atom. The van der Waals surface area contributed by atoms with Crippen molar-refractivity contribution in [1.82, 2.24) is 4.31 Å². The van der Waals surface area contributed by atoms with Gasteiger partial charge in [-0.15, -0.1) is 0 Å². The van der Waals surface area contributed by atoms with E-state index in [1.165, 1.54) is 28.8 Å². The number of nitrogens with two attached hydrogens (primary N) is 1. The van der Waals surface area contributed by atoms with E-state index in [1.807, 2.05) is 12.1 Å². The van der Waals surface area contributed by atoms with Crippen molar-refractivity contribution in [3.8, 4) is 11.3 Å². The minimum Gasteiger partial charge on any atom is -0.455 e. The van der Waals surface area contributed by atoms with Gasteiger partial charge in [-0.3, -0.25) is 4.79 Å². The molecule has 3 aromatic carbocycles. The highest BCUT2D eigenvalue weighted by molar-refractivity contribution is 7.88. The number of hydrogen-bond donors (Lipinski definition) is 2. The Morgan fingerprint density at radius 1 is 1.15 bits per heavy atom. The van der Waals surface area contributed by atoms with Crippen LogP contribution in [0.3, 0.4) is 0 Å². The van der Waals surface area contributed by atoms with E-state index >= 15 is 0 Å². The van der Waals surface area contributed by atoms with Crippen LogP contribution >= 0.6 is 0 Å². The maximum absolute atomic E-state index is 14.0. The number of fused-ring (bicyclic) bond motifs is 2. The van der Waals surface area contributed by atoms with Crippen LogP contribution in [-0.2, 0) is 34.4 Å². The summed E-state index contributed by atoms with van der Waals surface area (Å²) in [5.74, 6) is -0.749. The molecule has 0 radical (unpaired) electrons. The number of halogens is 1. The van der Waals surface area contributed by atoms with Gasteiger partial charge in [-0.2, -0.15) is 4.31 Å². The van der Waals surface area contributed by atoms with Crippen LogP contribution in [0.15, 0.2) is 59.0 Å². The molecule has 200 valence electrons. The molecule has 1 aliphatic carbocycles. The van der Waals surface area contributed by atoms with Crippen LogP contribution in [0.5, 0.6) is 0 Å². The number of carbonyl (C=O) groups excluding carboxylic acids is 1. The molecule has 0 saturated heterocycles. The number of sulfonamides is 1. The van der Waals surface area contributed by atoms with Crippen molar-refractivity contribution in [3.05, 3.63) is 88.2 Å². The number of hydrogen-bond acceptors (Lipinski definition) is 6. The van der Waals surface area contributed by atoms with E-state index in [4.69, 9.17) is 14.8 Å². The van der Waals surface area contributed by atoms with E-state index in [1.54, 1.807) is 24.3 Å². The summed E-state index contributed by atoms with van der Waals surface area (Å²) in [6.45, 7) is 0.488. The molecule has 0 bridgehead atoms. The van der Waals surface area contributed by atoms with E-state index in [-0.39, 0.29) is 36.9 Å². The van der Waals surface area contributed by atoms with Crippen molar-refractivity contribution in [2.24, 2.45) is 5.73 Å². The molecule has 1 aliphatic heterocycles. The highest BCUT2D eigenvalue weighted by Gasteiger charge is 2.32. The SMILES string of the molecule is CS(=O)(=O)N(Cc1ccc2c(c1)COB2O)Cc1cc2oc(-c3cccc(F)c3)c(C(N)=O)c2cc1C1CC1. The summed E-state index contributed by atoms with van der Waals surface area (Å²) in [5, 5.41) is 10.4. The summed E-state index contributed by atoms with van der Waals surface area (Å²) in [5.41, 5.74) is 10.7. The first-order valence-electron chi connectivity index (χ1n) is 12.6. The molecule has 1 fully saturated rings. The monoisotopic (exact) mass is 548 g/mol. The minimum atomic E-state index is -3.62. The fourth-order valence-electron chi connectivity index (χ4n) is 5.26. The number of rotatable bonds is 8. The molecule has 1 saturated carbocycles. The Labute approximate surface area is 225 Å². The molecular weight excluding hydrogens is 522 g/mol. The first-order valence-corrected chi connectivity index (χ1v) is 14.4. The summed E-state index contributed by atoms with van der Waals surface area (Å²) in [4.78, 5) is 12.5. The molecule has 3 N–H and O–H groups in total. The fraction of sp³-hybridized carbons (Fsp3) is 0.250. The molecule has 0 atom stereocenters. The van der Waals surface area contributed by atoms with Crippen molar-refractivity contribution < 1.29 is 31.7 Å². The molecule has 0 spiro atoms. The third-order valence-electron chi connectivity index (χ3n) is 7.34. The van der Waals surface area contributed by atoms with Gasteiger partial charge >= 0.3 is 7.12 Å². The molecular formula is C28H26BFN2O6S. The second-order valence-corrected chi connectivity index (χ2v) is 12.2. The van der Waals surface area contributed by atoms with Gasteiger partial charge in [-0.05, 0) is 70.7 Å². The molecule has 39 heavy (non-hydrogen) atoms. The van der Waals surface area contributed by atoms with E-state index in [2.05, 4.69) is 0 Å². The number of primary amides is 1. The lowest BCUT2D eigenvalue weighted by atomic mass is 9.79. The van der Waals surface area contributed by atoms with Gasteiger partial charge in [0.25, 0.3) is 5.91 Å². The van der Waals surface area contributed by atoms with Crippen LogP contribution in [0.1, 0.15) is 51.4 Å². The quantitative estimate of drug-likeness (QED) is 0.326. The van der Waals surface area contributed by atoms with Crippen molar-refractivity contribution in [1.29, 1.82) is 0 Å². The number of benzene rings is 3. The van der Waals surface area contributed by atoms with Crippen LogP contribution in [0.25, 0.3) is 22.3 Å². The van der Waals surface area contributed by atoms with E-state index in [0.717, 1.165) is 35.1 Å². The van der Waals surface area contributed by atoms with Gasteiger partial charge in [0, 0.05) is 24.0 Å². The Morgan fingerprint density at radius 2 is 1.95 bits per heavy atom. The van der Waals surface area contributed by atoms with Crippen molar-refractivity contribution in [2.45, 2.75) is 38.5 Å². The zero-order chi connectivity index (χ0) is 27.5. The lowest BCUT2D eigenvalue weighted by Gasteiger charge is -2.22. The normalized spacial score (nSPS) is 15.3. The second kappa shape index (κ2) is 9.60. The first kappa shape index (κ1) is 25.8. The molecule has 1 aromatic heterocycles.